The van der Waals surface area contributed by atoms with E-state index in [9.17, 15) is 4.79 Å². The molecule has 3 rings (SSSR count). The lowest BCUT2D eigenvalue weighted by atomic mass is 10.1. The molecule has 0 saturated carbocycles. The van der Waals surface area contributed by atoms with Gasteiger partial charge in [0.2, 0.25) is 5.91 Å². The van der Waals surface area contributed by atoms with E-state index >= 15 is 0 Å². The highest BCUT2D eigenvalue weighted by molar-refractivity contribution is 5.91. The lowest BCUT2D eigenvalue weighted by Gasteiger charge is -2.32. The standard InChI is InChI=1S/C21H27N3O3.ClH/c22-10-12-26-19-8-6-18(7-9-19)23-21(25)14-20-16-24(11-13-27-20)15-17-4-2-1-3-5-17;/h1-9,20H,10-16,22H2,(H,23,25);1H. The minimum Gasteiger partial charge on any atom is -0.492 e. The number of hydrogen-bond acceptors (Lipinski definition) is 5. The molecule has 1 aliphatic heterocycles. The fourth-order valence-electron chi connectivity index (χ4n) is 3.12. The van der Waals surface area contributed by atoms with Crippen LogP contribution in [0.25, 0.3) is 0 Å². The maximum absolute atomic E-state index is 12.3. The first-order valence-corrected chi connectivity index (χ1v) is 9.33. The molecule has 1 heterocycles. The molecule has 1 fully saturated rings. The van der Waals surface area contributed by atoms with Crippen molar-refractivity contribution in [1.29, 1.82) is 0 Å². The van der Waals surface area contributed by atoms with Gasteiger partial charge in [0.05, 0.1) is 19.1 Å². The molecule has 1 amide bonds. The maximum atomic E-state index is 12.3. The van der Waals surface area contributed by atoms with E-state index in [-0.39, 0.29) is 24.4 Å². The van der Waals surface area contributed by atoms with Crippen molar-refractivity contribution in [2.75, 3.05) is 38.2 Å². The molecule has 0 bridgehead atoms. The quantitative estimate of drug-likeness (QED) is 0.706. The maximum Gasteiger partial charge on any atom is 0.227 e. The second kappa shape index (κ2) is 11.7. The van der Waals surface area contributed by atoms with Crippen LogP contribution in [0.15, 0.2) is 54.6 Å². The minimum atomic E-state index is -0.0883. The Morgan fingerprint density at radius 3 is 2.64 bits per heavy atom. The molecule has 152 valence electrons. The van der Waals surface area contributed by atoms with Gasteiger partial charge in [0.25, 0.3) is 0 Å². The number of anilines is 1. The largest absolute Gasteiger partial charge is 0.492 e. The zero-order valence-electron chi connectivity index (χ0n) is 15.9. The van der Waals surface area contributed by atoms with Crippen molar-refractivity contribution in [1.82, 2.24) is 4.90 Å². The highest BCUT2D eigenvalue weighted by atomic mass is 35.5. The summed E-state index contributed by atoms with van der Waals surface area (Å²) in [6, 6.07) is 17.7. The van der Waals surface area contributed by atoms with E-state index in [1.807, 2.05) is 42.5 Å². The third-order valence-corrected chi connectivity index (χ3v) is 4.41. The van der Waals surface area contributed by atoms with Crippen LogP contribution in [0.2, 0.25) is 0 Å². The van der Waals surface area contributed by atoms with Crippen molar-refractivity contribution in [3.8, 4) is 5.75 Å². The molecular weight excluding hydrogens is 378 g/mol. The Kier molecular flexibility index (Phi) is 9.23. The number of hydrogen-bond donors (Lipinski definition) is 2. The molecule has 0 aliphatic carbocycles. The van der Waals surface area contributed by atoms with Crippen LogP contribution >= 0.6 is 12.4 Å². The molecular formula is C21H28ClN3O3. The number of morpholine rings is 1. The summed E-state index contributed by atoms with van der Waals surface area (Å²) in [4.78, 5) is 14.7. The SMILES string of the molecule is Cl.NCCOc1ccc(NC(=O)CC2CN(Cc3ccccc3)CCO2)cc1. The monoisotopic (exact) mass is 405 g/mol. The summed E-state index contributed by atoms with van der Waals surface area (Å²) in [5.74, 6) is 0.697. The van der Waals surface area contributed by atoms with Crippen molar-refractivity contribution < 1.29 is 14.3 Å². The molecule has 7 heteroatoms. The summed E-state index contributed by atoms with van der Waals surface area (Å²) in [5, 5.41) is 2.92. The molecule has 1 atom stereocenters. The number of carbonyl (C=O) groups is 1. The summed E-state index contributed by atoms with van der Waals surface area (Å²) >= 11 is 0. The van der Waals surface area contributed by atoms with Gasteiger partial charge in [0, 0.05) is 31.9 Å². The Morgan fingerprint density at radius 2 is 1.93 bits per heavy atom. The van der Waals surface area contributed by atoms with Gasteiger partial charge in [0.15, 0.2) is 0 Å². The number of nitrogens with two attached hydrogens (primary N) is 1. The predicted molar refractivity (Wildman–Crippen MR) is 113 cm³/mol. The minimum absolute atomic E-state index is 0. The first-order valence-electron chi connectivity index (χ1n) is 9.33. The van der Waals surface area contributed by atoms with E-state index in [2.05, 4.69) is 22.3 Å². The molecule has 1 aliphatic rings. The summed E-state index contributed by atoms with van der Waals surface area (Å²) in [5.41, 5.74) is 7.44. The molecule has 0 radical (unpaired) electrons. The van der Waals surface area contributed by atoms with Crippen molar-refractivity contribution in [2.24, 2.45) is 5.73 Å². The summed E-state index contributed by atoms with van der Waals surface area (Å²) in [6.45, 7) is 4.13. The number of ether oxygens (including phenoxy) is 2. The molecule has 28 heavy (non-hydrogen) atoms. The van der Waals surface area contributed by atoms with Crippen molar-refractivity contribution in [3.05, 3.63) is 60.2 Å². The van der Waals surface area contributed by atoms with Crippen LogP contribution in [-0.4, -0.2) is 49.8 Å². The van der Waals surface area contributed by atoms with E-state index < -0.39 is 0 Å². The number of amides is 1. The third-order valence-electron chi connectivity index (χ3n) is 4.41. The van der Waals surface area contributed by atoms with Crippen LogP contribution in [0.3, 0.4) is 0 Å². The molecule has 1 unspecified atom stereocenters. The van der Waals surface area contributed by atoms with Crippen LogP contribution in [0.1, 0.15) is 12.0 Å². The summed E-state index contributed by atoms with van der Waals surface area (Å²) < 4.78 is 11.2. The third kappa shape index (κ3) is 7.13. The van der Waals surface area contributed by atoms with Gasteiger partial charge in [-0.15, -0.1) is 12.4 Å². The average Bonchev–Trinajstić information content (AvgIpc) is 2.68. The van der Waals surface area contributed by atoms with Gasteiger partial charge < -0.3 is 20.5 Å². The van der Waals surface area contributed by atoms with Crippen LogP contribution in [0.4, 0.5) is 5.69 Å². The molecule has 1 saturated heterocycles. The smallest absolute Gasteiger partial charge is 0.227 e. The zero-order valence-corrected chi connectivity index (χ0v) is 16.7. The Hall–Kier alpha value is -2.12. The number of nitrogens with zero attached hydrogens (tertiary/aromatic N) is 1. The Balaban J connectivity index is 0.00000280. The van der Waals surface area contributed by atoms with Gasteiger partial charge in [-0.2, -0.15) is 0 Å². The molecule has 0 spiro atoms. The second-order valence-electron chi connectivity index (χ2n) is 6.63. The average molecular weight is 406 g/mol. The van der Waals surface area contributed by atoms with Crippen LogP contribution in [0.5, 0.6) is 5.75 Å². The zero-order chi connectivity index (χ0) is 18.9. The Morgan fingerprint density at radius 1 is 1.18 bits per heavy atom. The van der Waals surface area contributed by atoms with E-state index in [1.165, 1.54) is 5.56 Å². The van der Waals surface area contributed by atoms with Gasteiger partial charge >= 0.3 is 0 Å². The number of nitrogens with one attached hydrogen (secondary N) is 1. The van der Waals surface area contributed by atoms with E-state index in [0.29, 0.717) is 26.2 Å². The van der Waals surface area contributed by atoms with E-state index in [0.717, 1.165) is 31.1 Å². The fourth-order valence-corrected chi connectivity index (χ4v) is 3.12. The molecule has 6 nitrogen and oxygen atoms in total. The number of benzene rings is 2. The predicted octanol–water partition coefficient (Wildman–Crippen LogP) is 2.68. The molecule has 3 N–H and O–H groups in total. The van der Waals surface area contributed by atoms with Crippen molar-refractivity contribution in [3.63, 3.8) is 0 Å². The highest BCUT2D eigenvalue weighted by Gasteiger charge is 2.23. The van der Waals surface area contributed by atoms with Gasteiger partial charge in [-0.3, -0.25) is 9.69 Å². The Bertz CT molecular complexity index is 713. The number of halogens is 1. The summed E-state index contributed by atoms with van der Waals surface area (Å²) in [6.07, 6.45) is 0.256. The van der Waals surface area contributed by atoms with E-state index in [4.69, 9.17) is 15.2 Å². The number of carbonyl (C=O) groups excluding carboxylic acids is 1. The summed E-state index contributed by atoms with van der Waals surface area (Å²) in [7, 11) is 0. The first-order chi connectivity index (χ1) is 13.2. The number of rotatable bonds is 8. The van der Waals surface area contributed by atoms with Crippen LogP contribution in [0, 0.1) is 0 Å². The van der Waals surface area contributed by atoms with Gasteiger partial charge in [-0.05, 0) is 29.8 Å². The van der Waals surface area contributed by atoms with E-state index in [1.54, 1.807) is 0 Å². The van der Waals surface area contributed by atoms with Crippen LogP contribution < -0.4 is 15.8 Å². The second-order valence-corrected chi connectivity index (χ2v) is 6.63. The van der Waals surface area contributed by atoms with Crippen LogP contribution in [-0.2, 0) is 16.1 Å². The first kappa shape index (κ1) is 22.2. The Labute approximate surface area is 172 Å². The molecule has 2 aromatic carbocycles. The molecule has 2 aromatic rings. The van der Waals surface area contributed by atoms with Gasteiger partial charge in [0.1, 0.15) is 12.4 Å². The van der Waals surface area contributed by atoms with Crippen molar-refractivity contribution >= 4 is 24.0 Å². The fraction of sp³-hybridized carbons (Fsp3) is 0.381. The highest BCUT2D eigenvalue weighted by Crippen LogP contribution is 2.17. The van der Waals surface area contributed by atoms with Gasteiger partial charge in [-0.1, -0.05) is 30.3 Å². The van der Waals surface area contributed by atoms with Crippen molar-refractivity contribution in [2.45, 2.75) is 19.1 Å². The normalized spacial score (nSPS) is 16.8. The lowest BCUT2D eigenvalue weighted by molar-refractivity contribution is -0.121. The topological polar surface area (TPSA) is 76.8 Å². The lowest BCUT2D eigenvalue weighted by Crippen LogP contribution is -2.43. The molecule has 0 aromatic heterocycles. The van der Waals surface area contributed by atoms with Gasteiger partial charge in [-0.25, -0.2) is 0 Å².